The normalized spacial score (nSPS) is 17.7. The Labute approximate surface area is 114 Å². The third-order valence-electron chi connectivity index (χ3n) is 4.19. The Morgan fingerprint density at radius 2 is 1.83 bits per heavy atom. The number of rotatable bonds is 6. The van der Waals surface area contributed by atoms with Crippen LogP contribution in [-0.2, 0) is 4.43 Å². The van der Waals surface area contributed by atoms with E-state index in [1.165, 1.54) is 0 Å². The van der Waals surface area contributed by atoms with Crippen molar-refractivity contribution in [3.8, 4) is 6.07 Å². The van der Waals surface area contributed by atoms with E-state index in [4.69, 9.17) is 4.43 Å². The standard InChI is InChI=1S/C15H29NOSi/c1-9-11-15(6,10-2)13(12-16)17-18(7,8)14(3,4)5/h10,13H,2,9,11H2,1,3-8H3/t13-,15+/m0/s1. The first kappa shape index (κ1) is 17.4. The Bertz CT molecular complexity index is 324. The highest BCUT2D eigenvalue weighted by Crippen LogP contribution is 2.41. The summed E-state index contributed by atoms with van der Waals surface area (Å²) in [6.45, 7) is 19.1. The lowest BCUT2D eigenvalue weighted by atomic mass is 9.81. The second-order valence-electron chi connectivity index (χ2n) is 6.85. The summed E-state index contributed by atoms with van der Waals surface area (Å²) in [4.78, 5) is 0. The van der Waals surface area contributed by atoms with Gasteiger partial charge >= 0.3 is 0 Å². The van der Waals surface area contributed by atoms with Crippen LogP contribution in [0.15, 0.2) is 12.7 Å². The number of nitriles is 1. The van der Waals surface area contributed by atoms with Crippen LogP contribution >= 0.6 is 0 Å². The summed E-state index contributed by atoms with van der Waals surface area (Å²) in [5.74, 6) is 0. The molecule has 0 aromatic carbocycles. The Hall–Kier alpha value is -0.593. The van der Waals surface area contributed by atoms with Crippen LogP contribution in [0.5, 0.6) is 0 Å². The maximum absolute atomic E-state index is 9.45. The quantitative estimate of drug-likeness (QED) is 0.507. The molecule has 0 aromatic heterocycles. The Balaban J connectivity index is 5.14. The molecule has 0 N–H and O–H groups in total. The topological polar surface area (TPSA) is 33.0 Å². The molecule has 18 heavy (non-hydrogen) atoms. The molecule has 2 atom stereocenters. The van der Waals surface area contributed by atoms with Gasteiger partial charge in [-0.15, -0.1) is 6.58 Å². The highest BCUT2D eigenvalue weighted by atomic mass is 28.4. The van der Waals surface area contributed by atoms with Gasteiger partial charge in [-0.05, 0) is 24.6 Å². The third-order valence-corrected chi connectivity index (χ3v) is 8.63. The largest absolute Gasteiger partial charge is 0.401 e. The fourth-order valence-corrected chi connectivity index (χ4v) is 2.92. The molecule has 0 aromatic rings. The molecular weight excluding hydrogens is 238 g/mol. The van der Waals surface area contributed by atoms with E-state index >= 15 is 0 Å². The molecule has 3 heteroatoms. The molecule has 2 nitrogen and oxygen atoms in total. The second-order valence-corrected chi connectivity index (χ2v) is 11.6. The molecule has 0 saturated carbocycles. The van der Waals surface area contributed by atoms with E-state index in [-0.39, 0.29) is 10.5 Å². The van der Waals surface area contributed by atoms with Crippen molar-refractivity contribution in [1.82, 2.24) is 0 Å². The summed E-state index contributed by atoms with van der Waals surface area (Å²) in [6, 6.07) is 2.35. The SMILES string of the molecule is C=C[C@](C)(CCC)[C@H](C#N)O[Si](C)(C)C(C)(C)C. The highest BCUT2D eigenvalue weighted by Gasteiger charge is 2.43. The van der Waals surface area contributed by atoms with Crippen molar-refractivity contribution in [3.05, 3.63) is 12.7 Å². The predicted molar refractivity (Wildman–Crippen MR) is 80.9 cm³/mol. The Morgan fingerprint density at radius 3 is 2.11 bits per heavy atom. The van der Waals surface area contributed by atoms with Crippen molar-refractivity contribution in [1.29, 1.82) is 5.26 Å². The average Bonchev–Trinajstić information content (AvgIpc) is 2.24. The van der Waals surface area contributed by atoms with Crippen molar-refractivity contribution in [3.63, 3.8) is 0 Å². The fourth-order valence-electron chi connectivity index (χ4n) is 1.66. The molecule has 0 bridgehead atoms. The average molecular weight is 267 g/mol. The van der Waals surface area contributed by atoms with Gasteiger partial charge in [0.2, 0.25) is 0 Å². The van der Waals surface area contributed by atoms with Crippen LogP contribution in [0.1, 0.15) is 47.5 Å². The molecule has 0 aliphatic heterocycles. The van der Waals surface area contributed by atoms with Crippen LogP contribution in [0, 0.1) is 16.7 Å². The van der Waals surface area contributed by atoms with E-state index in [1.807, 2.05) is 6.08 Å². The molecule has 0 rings (SSSR count). The minimum absolute atomic E-state index is 0.121. The summed E-state index contributed by atoms with van der Waals surface area (Å²) in [5.41, 5.74) is -0.251. The van der Waals surface area contributed by atoms with E-state index in [1.54, 1.807) is 0 Å². The molecule has 0 spiro atoms. The minimum Gasteiger partial charge on any atom is -0.401 e. The van der Waals surface area contributed by atoms with Gasteiger partial charge in [0.1, 0.15) is 6.10 Å². The van der Waals surface area contributed by atoms with Gasteiger partial charge in [-0.2, -0.15) is 5.26 Å². The number of hydrogen-bond donors (Lipinski definition) is 0. The Kier molecular flexibility index (Phi) is 5.83. The van der Waals surface area contributed by atoms with Gasteiger partial charge in [-0.25, -0.2) is 0 Å². The monoisotopic (exact) mass is 267 g/mol. The van der Waals surface area contributed by atoms with Crippen LogP contribution in [-0.4, -0.2) is 14.4 Å². The lowest BCUT2D eigenvalue weighted by Crippen LogP contribution is -2.47. The number of hydrogen-bond acceptors (Lipinski definition) is 2. The van der Waals surface area contributed by atoms with Gasteiger partial charge < -0.3 is 4.43 Å². The molecular formula is C15H29NOSi. The zero-order chi connectivity index (χ0) is 14.6. The molecule has 0 heterocycles. The van der Waals surface area contributed by atoms with Gasteiger partial charge in [0.25, 0.3) is 0 Å². The van der Waals surface area contributed by atoms with Crippen molar-refractivity contribution in [2.75, 3.05) is 0 Å². The van der Waals surface area contributed by atoms with Crippen LogP contribution in [0.25, 0.3) is 0 Å². The van der Waals surface area contributed by atoms with Crippen LogP contribution in [0.2, 0.25) is 18.1 Å². The summed E-state index contributed by atoms with van der Waals surface area (Å²) >= 11 is 0. The third kappa shape index (κ3) is 3.96. The van der Waals surface area contributed by atoms with E-state index in [2.05, 4.69) is 60.4 Å². The van der Waals surface area contributed by atoms with E-state index < -0.39 is 14.4 Å². The Morgan fingerprint density at radius 1 is 1.33 bits per heavy atom. The molecule has 0 unspecified atom stereocenters. The van der Waals surface area contributed by atoms with E-state index in [0.29, 0.717) is 0 Å². The molecule has 0 radical (unpaired) electrons. The smallest absolute Gasteiger partial charge is 0.193 e. The van der Waals surface area contributed by atoms with Crippen LogP contribution in [0.4, 0.5) is 0 Å². The zero-order valence-electron chi connectivity index (χ0n) is 13.1. The van der Waals surface area contributed by atoms with Crippen LogP contribution < -0.4 is 0 Å². The molecule has 0 aliphatic carbocycles. The molecule has 0 fully saturated rings. The van der Waals surface area contributed by atoms with Gasteiger partial charge in [0, 0.05) is 5.41 Å². The first-order valence-corrected chi connectivity index (χ1v) is 9.66. The maximum atomic E-state index is 9.45. The lowest BCUT2D eigenvalue weighted by Gasteiger charge is -2.42. The summed E-state index contributed by atoms with van der Waals surface area (Å²) in [6.07, 6.45) is 3.46. The minimum atomic E-state index is -1.91. The zero-order valence-corrected chi connectivity index (χ0v) is 14.1. The molecule has 0 aliphatic rings. The van der Waals surface area contributed by atoms with Gasteiger partial charge in [0.05, 0.1) is 6.07 Å². The van der Waals surface area contributed by atoms with Crippen molar-refractivity contribution >= 4 is 8.32 Å². The first-order valence-electron chi connectivity index (χ1n) is 6.75. The van der Waals surface area contributed by atoms with Gasteiger partial charge in [0.15, 0.2) is 8.32 Å². The second kappa shape index (κ2) is 6.03. The van der Waals surface area contributed by atoms with E-state index in [9.17, 15) is 5.26 Å². The van der Waals surface area contributed by atoms with Crippen molar-refractivity contribution < 1.29 is 4.43 Å². The first-order chi connectivity index (χ1) is 8.04. The highest BCUT2D eigenvalue weighted by molar-refractivity contribution is 6.74. The lowest BCUT2D eigenvalue weighted by molar-refractivity contribution is 0.119. The van der Waals surface area contributed by atoms with E-state index in [0.717, 1.165) is 12.8 Å². The number of nitrogens with zero attached hydrogens (tertiary/aromatic N) is 1. The van der Waals surface area contributed by atoms with Crippen molar-refractivity contribution in [2.45, 2.75) is 71.7 Å². The molecule has 0 saturated heterocycles. The maximum Gasteiger partial charge on any atom is 0.193 e. The van der Waals surface area contributed by atoms with Crippen LogP contribution in [0.3, 0.4) is 0 Å². The van der Waals surface area contributed by atoms with Gasteiger partial charge in [-0.1, -0.05) is 47.1 Å². The predicted octanol–water partition coefficient (Wildman–Crippen LogP) is 4.89. The van der Waals surface area contributed by atoms with Gasteiger partial charge in [-0.3, -0.25) is 0 Å². The summed E-state index contributed by atoms with van der Waals surface area (Å²) in [5, 5.41) is 9.57. The summed E-state index contributed by atoms with van der Waals surface area (Å²) in [7, 11) is -1.91. The summed E-state index contributed by atoms with van der Waals surface area (Å²) < 4.78 is 6.27. The molecule has 104 valence electrons. The molecule has 0 amide bonds. The fraction of sp³-hybridized carbons (Fsp3) is 0.800. The van der Waals surface area contributed by atoms with Crippen molar-refractivity contribution in [2.24, 2.45) is 5.41 Å².